The van der Waals surface area contributed by atoms with E-state index in [9.17, 15) is 31.5 Å². The van der Waals surface area contributed by atoms with E-state index in [1.807, 2.05) is 0 Å². The van der Waals surface area contributed by atoms with Gasteiger partial charge in [0.1, 0.15) is 6.10 Å². The van der Waals surface area contributed by atoms with Crippen LogP contribution >= 0.6 is 0 Å². The second-order valence-corrected chi connectivity index (χ2v) is 12.1. The van der Waals surface area contributed by atoms with Crippen LogP contribution in [0.3, 0.4) is 0 Å². The molecule has 3 saturated carbocycles. The Morgan fingerprint density at radius 3 is 2.43 bits per heavy atom. The minimum atomic E-state index is -4.43. The molecule has 0 aliphatic heterocycles. The highest BCUT2D eigenvalue weighted by molar-refractivity contribution is 5.94. The fraction of sp³-hybridized carbons (Fsp3) is 0.567. The molecule has 44 heavy (non-hydrogen) atoms. The number of imidazole rings is 1. The van der Waals surface area contributed by atoms with Crippen LogP contribution in [-0.2, 0) is 4.79 Å². The lowest BCUT2D eigenvalue weighted by molar-refractivity contribution is -0.144. The summed E-state index contributed by atoms with van der Waals surface area (Å²) in [5.41, 5.74) is 1.77. The second-order valence-electron chi connectivity index (χ2n) is 12.1. The van der Waals surface area contributed by atoms with Crippen molar-refractivity contribution in [1.29, 1.82) is 0 Å². The fourth-order valence-electron chi connectivity index (χ4n) is 5.66. The van der Waals surface area contributed by atoms with E-state index in [1.54, 1.807) is 30.6 Å². The molecule has 3 aliphatic rings. The molecule has 0 spiro atoms. The van der Waals surface area contributed by atoms with Crippen molar-refractivity contribution in [2.45, 2.75) is 94.5 Å². The first-order valence-corrected chi connectivity index (χ1v) is 15.0. The molecule has 2 amide bonds. The van der Waals surface area contributed by atoms with Gasteiger partial charge in [0.2, 0.25) is 17.7 Å². The molecule has 3 fully saturated rings. The van der Waals surface area contributed by atoms with Gasteiger partial charge in [-0.25, -0.2) is 23.3 Å². The first-order chi connectivity index (χ1) is 20.9. The minimum Gasteiger partial charge on any atom is -0.474 e. The zero-order valence-electron chi connectivity index (χ0n) is 23.8. The quantitative estimate of drug-likeness (QED) is 0.260. The number of hydrogen-bond acceptors (Lipinski definition) is 6. The fourth-order valence-corrected chi connectivity index (χ4v) is 5.66. The van der Waals surface area contributed by atoms with Crippen molar-refractivity contribution >= 4 is 17.5 Å². The topological polar surface area (TPSA) is 111 Å². The van der Waals surface area contributed by atoms with E-state index < -0.39 is 48.8 Å². The lowest BCUT2D eigenvalue weighted by Gasteiger charge is -2.33. The maximum absolute atomic E-state index is 14.1. The summed E-state index contributed by atoms with van der Waals surface area (Å²) in [6.45, 7) is 0. The van der Waals surface area contributed by atoms with Crippen LogP contribution in [0, 0.1) is 11.8 Å². The average Bonchev–Trinajstić information content (AvgIpc) is 3.92. The number of alkyl halides is 5. The van der Waals surface area contributed by atoms with Crippen LogP contribution in [0.5, 0.6) is 5.88 Å². The molecule has 0 aromatic carbocycles. The van der Waals surface area contributed by atoms with E-state index in [-0.39, 0.29) is 43.6 Å². The van der Waals surface area contributed by atoms with Crippen molar-refractivity contribution in [2.75, 3.05) is 0 Å². The number of hydrogen-bond donors (Lipinski definition) is 2. The number of halogens is 5. The SMILES string of the molecule is O=C(CCC(F)(F)F)NC(c1cnn2cc([C@@H](NC(=O)c3ccnc(OC4CC4)c3)C3CCC(F)(F)CC3)nc2c1)C1CC1. The maximum Gasteiger partial charge on any atom is 0.389 e. The first kappa shape index (κ1) is 30.2. The van der Waals surface area contributed by atoms with Crippen LogP contribution in [0.25, 0.3) is 5.65 Å². The van der Waals surface area contributed by atoms with E-state index in [1.165, 1.54) is 10.7 Å². The molecule has 6 rings (SSSR count). The second kappa shape index (κ2) is 11.9. The monoisotopic (exact) mass is 620 g/mol. The standard InChI is InChI=1S/C30H33F5N6O3/c31-29(32)9-5-18(6-10-29)27(40-28(43)19-8-12-36-25(14-19)44-21-3-4-21)22-16-41-23(38-22)13-20(15-37-41)26(17-1-2-17)39-24(42)7-11-30(33,34)35/h8,12-18,21,26-27H,1-7,9-11H2,(H,39,42)(H,40,43)/t26?,27-/m0/s1. The van der Waals surface area contributed by atoms with Gasteiger partial charge in [-0.1, -0.05) is 0 Å². The number of pyridine rings is 1. The van der Waals surface area contributed by atoms with Gasteiger partial charge in [0.25, 0.3) is 5.91 Å². The number of aromatic nitrogens is 4. The molecule has 0 bridgehead atoms. The summed E-state index contributed by atoms with van der Waals surface area (Å²) >= 11 is 0. The van der Waals surface area contributed by atoms with Gasteiger partial charge >= 0.3 is 6.18 Å². The summed E-state index contributed by atoms with van der Waals surface area (Å²) in [6, 6.07) is 3.62. The molecule has 2 N–H and O–H groups in total. The minimum absolute atomic E-state index is 0.0774. The summed E-state index contributed by atoms with van der Waals surface area (Å²) in [7, 11) is 0. The van der Waals surface area contributed by atoms with Crippen molar-refractivity contribution in [2.24, 2.45) is 11.8 Å². The molecule has 2 atom stereocenters. The zero-order valence-corrected chi connectivity index (χ0v) is 23.8. The van der Waals surface area contributed by atoms with Crippen molar-refractivity contribution in [3.8, 4) is 5.88 Å². The van der Waals surface area contributed by atoms with E-state index in [0.717, 1.165) is 25.7 Å². The van der Waals surface area contributed by atoms with Crippen molar-refractivity contribution in [3.05, 3.63) is 53.6 Å². The number of amides is 2. The van der Waals surface area contributed by atoms with Crippen molar-refractivity contribution in [1.82, 2.24) is 30.2 Å². The van der Waals surface area contributed by atoms with Gasteiger partial charge in [-0.15, -0.1) is 0 Å². The first-order valence-electron chi connectivity index (χ1n) is 15.0. The summed E-state index contributed by atoms with van der Waals surface area (Å²) in [5, 5.41) is 10.2. The average molecular weight is 621 g/mol. The largest absolute Gasteiger partial charge is 0.474 e. The van der Waals surface area contributed by atoms with Crippen LogP contribution in [-0.4, -0.2) is 49.6 Å². The molecule has 9 nitrogen and oxygen atoms in total. The summed E-state index contributed by atoms with van der Waals surface area (Å²) in [6.07, 6.45) is 1.74. The molecule has 236 valence electrons. The molecule has 3 aliphatic carbocycles. The third kappa shape index (κ3) is 7.62. The van der Waals surface area contributed by atoms with Crippen LogP contribution in [0.15, 0.2) is 36.8 Å². The highest BCUT2D eigenvalue weighted by atomic mass is 19.4. The maximum atomic E-state index is 14.1. The van der Waals surface area contributed by atoms with Crippen LogP contribution in [0.4, 0.5) is 22.0 Å². The molecule has 0 radical (unpaired) electrons. The summed E-state index contributed by atoms with van der Waals surface area (Å²) < 4.78 is 73.2. The highest BCUT2D eigenvalue weighted by Crippen LogP contribution is 2.43. The third-order valence-electron chi connectivity index (χ3n) is 8.41. The number of rotatable bonds is 11. The molecule has 3 aromatic rings. The van der Waals surface area contributed by atoms with Gasteiger partial charge in [0.05, 0.1) is 36.6 Å². The molecular weight excluding hydrogens is 587 g/mol. The Labute approximate surface area is 250 Å². The van der Waals surface area contributed by atoms with Gasteiger partial charge in [0.15, 0.2) is 5.65 Å². The smallest absolute Gasteiger partial charge is 0.389 e. The molecule has 14 heteroatoms. The summed E-state index contributed by atoms with van der Waals surface area (Å²) in [4.78, 5) is 34.6. The van der Waals surface area contributed by atoms with Gasteiger partial charge in [-0.05, 0) is 68.1 Å². The third-order valence-corrected chi connectivity index (χ3v) is 8.41. The lowest BCUT2D eigenvalue weighted by atomic mass is 9.81. The molecular formula is C30H33F5N6O3. The molecule has 3 aromatic heterocycles. The Kier molecular flexibility index (Phi) is 8.18. The number of carbonyl (C=O) groups is 2. The van der Waals surface area contributed by atoms with E-state index in [2.05, 4.69) is 20.7 Å². The zero-order chi connectivity index (χ0) is 31.1. The van der Waals surface area contributed by atoms with Gasteiger partial charge in [0, 0.05) is 37.1 Å². The Balaban J connectivity index is 1.23. The highest BCUT2D eigenvalue weighted by Gasteiger charge is 2.40. The molecule has 1 unspecified atom stereocenters. The Morgan fingerprint density at radius 1 is 1.02 bits per heavy atom. The van der Waals surface area contributed by atoms with Crippen molar-refractivity contribution in [3.63, 3.8) is 0 Å². The molecule has 3 heterocycles. The summed E-state index contributed by atoms with van der Waals surface area (Å²) in [5.74, 6) is -3.76. The number of nitrogens with zero attached hydrogens (tertiary/aromatic N) is 4. The van der Waals surface area contributed by atoms with Gasteiger partial charge in [-0.3, -0.25) is 9.59 Å². The lowest BCUT2D eigenvalue weighted by Crippen LogP contribution is -2.37. The number of ether oxygens (including phenoxy) is 1. The Morgan fingerprint density at radius 2 is 1.75 bits per heavy atom. The molecule has 0 saturated heterocycles. The van der Waals surface area contributed by atoms with E-state index >= 15 is 0 Å². The number of fused-ring (bicyclic) bond motifs is 1. The van der Waals surface area contributed by atoms with Crippen LogP contribution in [0.2, 0.25) is 0 Å². The Bertz CT molecular complexity index is 1510. The number of nitrogens with one attached hydrogen (secondary N) is 2. The number of carbonyl (C=O) groups excluding carboxylic acids is 2. The Hall–Kier alpha value is -3.84. The van der Waals surface area contributed by atoms with Gasteiger partial charge in [-0.2, -0.15) is 18.3 Å². The normalized spacial score (nSPS) is 20.2. The predicted molar refractivity (Wildman–Crippen MR) is 147 cm³/mol. The van der Waals surface area contributed by atoms with Crippen LogP contribution < -0.4 is 15.4 Å². The van der Waals surface area contributed by atoms with Gasteiger partial charge < -0.3 is 15.4 Å². The van der Waals surface area contributed by atoms with Crippen molar-refractivity contribution < 1.29 is 36.3 Å². The van der Waals surface area contributed by atoms with E-state index in [4.69, 9.17) is 9.72 Å². The van der Waals surface area contributed by atoms with E-state index in [0.29, 0.717) is 28.3 Å². The van der Waals surface area contributed by atoms with Crippen LogP contribution in [0.1, 0.15) is 97.9 Å². The predicted octanol–water partition coefficient (Wildman–Crippen LogP) is 5.87.